The number of nitrogens with zero attached hydrogens (tertiary/aromatic N) is 4. The van der Waals surface area contributed by atoms with Gasteiger partial charge in [0.1, 0.15) is 5.82 Å². The van der Waals surface area contributed by atoms with Crippen molar-refractivity contribution in [2.75, 3.05) is 23.9 Å². The molecule has 4 N–H and O–H groups in total. The molecule has 0 radical (unpaired) electrons. The van der Waals surface area contributed by atoms with Gasteiger partial charge in [0.25, 0.3) is 0 Å². The highest BCUT2D eigenvalue weighted by Crippen LogP contribution is 2.25. The Hall–Kier alpha value is -1.89. The van der Waals surface area contributed by atoms with E-state index in [4.69, 9.17) is 5.84 Å². The first-order valence-electron chi connectivity index (χ1n) is 5.79. The maximum atomic E-state index is 5.38. The second-order valence-electron chi connectivity index (χ2n) is 5.56. The van der Waals surface area contributed by atoms with Crippen LogP contribution in [0.15, 0.2) is 6.20 Å². The summed E-state index contributed by atoms with van der Waals surface area (Å²) in [4.78, 5) is 10.7. The van der Waals surface area contributed by atoms with E-state index in [0.717, 1.165) is 17.7 Å². The molecule has 2 aromatic heterocycles. The molecule has 0 fully saturated rings. The van der Waals surface area contributed by atoms with Crippen LogP contribution in [0.2, 0.25) is 0 Å². The van der Waals surface area contributed by atoms with Crippen LogP contribution in [-0.4, -0.2) is 33.8 Å². The standard InChI is InChI=1S/C11H19N7/c1-11(2,3)6-18(4)9-7-5-13-17-8(7)14-10(15-9)16-12/h5H,6,12H2,1-4H3,(H2,13,14,15,16,17). The summed E-state index contributed by atoms with van der Waals surface area (Å²) >= 11 is 0. The van der Waals surface area contributed by atoms with Crippen molar-refractivity contribution in [2.24, 2.45) is 11.3 Å². The van der Waals surface area contributed by atoms with Crippen LogP contribution in [-0.2, 0) is 0 Å². The fraction of sp³-hybridized carbons (Fsp3) is 0.545. The molecule has 0 spiro atoms. The van der Waals surface area contributed by atoms with Crippen molar-refractivity contribution in [2.45, 2.75) is 20.8 Å². The third kappa shape index (κ3) is 2.51. The summed E-state index contributed by atoms with van der Waals surface area (Å²) < 4.78 is 0. The van der Waals surface area contributed by atoms with Crippen LogP contribution >= 0.6 is 0 Å². The molecule has 18 heavy (non-hydrogen) atoms. The molecular formula is C11H19N7. The summed E-state index contributed by atoms with van der Waals surface area (Å²) in [6.07, 6.45) is 1.73. The fourth-order valence-electron chi connectivity index (χ4n) is 1.96. The highest BCUT2D eigenvalue weighted by Gasteiger charge is 2.18. The highest BCUT2D eigenvalue weighted by atomic mass is 15.3. The summed E-state index contributed by atoms with van der Waals surface area (Å²) in [5, 5.41) is 7.71. The number of nitrogens with one attached hydrogen (secondary N) is 2. The fourth-order valence-corrected chi connectivity index (χ4v) is 1.96. The van der Waals surface area contributed by atoms with Crippen molar-refractivity contribution in [3.8, 4) is 0 Å². The minimum Gasteiger partial charge on any atom is -0.358 e. The molecule has 0 atom stereocenters. The third-order valence-electron chi connectivity index (χ3n) is 2.49. The van der Waals surface area contributed by atoms with Crippen molar-refractivity contribution >= 4 is 22.8 Å². The number of nitrogen functional groups attached to an aromatic ring is 1. The molecule has 0 unspecified atom stereocenters. The molecule has 0 bridgehead atoms. The monoisotopic (exact) mass is 249 g/mol. The predicted molar refractivity (Wildman–Crippen MR) is 72.2 cm³/mol. The number of H-pyrrole nitrogens is 1. The number of aromatic nitrogens is 4. The summed E-state index contributed by atoms with van der Waals surface area (Å²) in [7, 11) is 2.00. The Bertz CT molecular complexity index is 540. The Morgan fingerprint density at radius 3 is 2.72 bits per heavy atom. The van der Waals surface area contributed by atoms with Crippen molar-refractivity contribution in [1.29, 1.82) is 0 Å². The molecule has 0 amide bonds. The maximum absolute atomic E-state index is 5.38. The Balaban J connectivity index is 2.45. The second-order valence-corrected chi connectivity index (χ2v) is 5.56. The first-order chi connectivity index (χ1) is 8.40. The third-order valence-corrected chi connectivity index (χ3v) is 2.49. The summed E-state index contributed by atoms with van der Waals surface area (Å²) in [5.74, 6) is 6.57. The van der Waals surface area contributed by atoms with Crippen LogP contribution in [0.4, 0.5) is 11.8 Å². The molecule has 7 heteroatoms. The van der Waals surface area contributed by atoms with Gasteiger partial charge < -0.3 is 4.90 Å². The lowest BCUT2D eigenvalue weighted by atomic mass is 9.96. The number of anilines is 2. The molecule has 0 aliphatic heterocycles. The van der Waals surface area contributed by atoms with Crippen LogP contribution in [0.3, 0.4) is 0 Å². The topological polar surface area (TPSA) is 95.8 Å². The Kier molecular flexibility index (Phi) is 3.08. The average Bonchev–Trinajstić information content (AvgIpc) is 2.72. The first kappa shape index (κ1) is 12.6. The van der Waals surface area contributed by atoms with E-state index >= 15 is 0 Å². The van der Waals surface area contributed by atoms with Gasteiger partial charge in [0.15, 0.2) is 5.65 Å². The van der Waals surface area contributed by atoms with E-state index in [1.165, 1.54) is 0 Å². The van der Waals surface area contributed by atoms with Crippen molar-refractivity contribution in [1.82, 2.24) is 20.2 Å². The smallest absolute Gasteiger partial charge is 0.241 e. The quantitative estimate of drug-likeness (QED) is 0.557. The van der Waals surface area contributed by atoms with E-state index in [1.807, 2.05) is 7.05 Å². The molecule has 98 valence electrons. The Labute approximate surface area is 106 Å². The van der Waals surface area contributed by atoms with Gasteiger partial charge in [-0.15, -0.1) is 0 Å². The lowest BCUT2D eigenvalue weighted by Gasteiger charge is -2.27. The van der Waals surface area contributed by atoms with Crippen LogP contribution < -0.4 is 16.2 Å². The van der Waals surface area contributed by atoms with E-state index in [1.54, 1.807) is 6.20 Å². The number of aromatic amines is 1. The number of rotatable bonds is 3. The van der Waals surface area contributed by atoms with Gasteiger partial charge in [0.05, 0.1) is 11.6 Å². The molecule has 0 aliphatic rings. The molecule has 2 rings (SSSR count). The Morgan fingerprint density at radius 1 is 1.39 bits per heavy atom. The zero-order chi connectivity index (χ0) is 13.3. The van der Waals surface area contributed by atoms with Crippen molar-refractivity contribution in [3.05, 3.63) is 6.20 Å². The zero-order valence-corrected chi connectivity index (χ0v) is 11.2. The lowest BCUT2D eigenvalue weighted by molar-refractivity contribution is 0.418. The summed E-state index contributed by atoms with van der Waals surface area (Å²) in [5.41, 5.74) is 3.32. The van der Waals surface area contributed by atoms with Gasteiger partial charge in [0, 0.05) is 13.6 Å². The van der Waals surface area contributed by atoms with Crippen LogP contribution in [0.25, 0.3) is 11.0 Å². The Morgan fingerprint density at radius 2 is 2.11 bits per heavy atom. The molecule has 0 saturated heterocycles. The highest BCUT2D eigenvalue weighted by molar-refractivity contribution is 5.87. The zero-order valence-electron chi connectivity index (χ0n) is 11.2. The van der Waals surface area contributed by atoms with Crippen molar-refractivity contribution < 1.29 is 0 Å². The van der Waals surface area contributed by atoms with Gasteiger partial charge in [0.2, 0.25) is 5.95 Å². The van der Waals surface area contributed by atoms with Gasteiger partial charge in [-0.1, -0.05) is 20.8 Å². The summed E-state index contributed by atoms with van der Waals surface area (Å²) in [6.45, 7) is 7.41. The normalized spacial score (nSPS) is 11.8. The van der Waals surface area contributed by atoms with Gasteiger partial charge in [-0.2, -0.15) is 15.1 Å². The van der Waals surface area contributed by atoms with Crippen molar-refractivity contribution in [3.63, 3.8) is 0 Å². The average molecular weight is 249 g/mol. The van der Waals surface area contributed by atoms with Crippen LogP contribution in [0, 0.1) is 5.41 Å². The maximum Gasteiger partial charge on any atom is 0.241 e. The molecule has 0 saturated carbocycles. The number of hydrogen-bond acceptors (Lipinski definition) is 6. The molecule has 2 heterocycles. The van der Waals surface area contributed by atoms with Gasteiger partial charge in [-0.25, -0.2) is 5.84 Å². The number of fused-ring (bicyclic) bond motifs is 1. The first-order valence-corrected chi connectivity index (χ1v) is 5.79. The van der Waals surface area contributed by atoms with E-state index < -0.39 is 0 Å². The van der Waals surface area contributed by atoms with E-state index in [2.05, 4.69) is 51.3 Å². The van der Waals surface area contributed by atoms with Gasteiger partial charge in [-0.3, -0.25) is 10.5 Å². The van der Waals surface area contributed by atoms with E-state index in [-0.39, 0.29) is 5.41 Å². The number of hydrogen-bond donors (Lipinski definition) is 3. The van der Waals surface area contributed by atoms with Crippen LogP contribution in [0.5, 0.6) is 0 Å². The van der Waals surface area contributed by atoms with E-state index in [9.17, 15) is 0 Å². The minimum absolute atomic E-state index is 0.173. The van der Waals surface area contributed by atoms with Crippen LogP contribution in [0.1, 0.15) is 20.8 Å². The summed E-state index contributed by atoms with van der Waals surface area (Å²) in [6, 6.07) is 0. The molecule has 0 aliphatic carbocycles. The van der Waals surface area contributed by atoms with E-state index in [0.29, 0.717) is 11.6 Å². The second kappa shape index (κ2) is 4.41. The number of nitrogens with two attached hydrogens (primary N) is 1. The molecule has 0 aromatic carbocycles. The largest absolute Gasteiger partial charge is 0.358 e. The molecular weight excluding hydrogens is 230 g/mol. The SMILES string of the molecule is CN(CC(C)(C)C)c1nc(NN)nc2[nH]ncc12. The van der Waals surface area contributed by atoms with Gasteiger partial charge in [-0.05, 0) is 5.41 Å². The predicted octanol–water partition coefficient (Wildman–Crippen LogP) is 1.12. The molecule has 2 aromatic rings. The number of hydrazine groups is 1. The lowest BCUT2D eigenvalue weighted by Crippen LogP contribution is -2.30. The minimum atomic E-state index is 0.173. The van der Waals surface area contributed by atoms with Gasteiger partial charge >= 0.3 is 0 Å². The molecule has 7 nitrogen and oxygen atoms in total.